The summed E-state index contributed by atoms with van der Waals surface area (Å²) in [6, 6.07) is 132. The summed E-state index contributed by atoms with van der Waals surface area (Å²) in [5, 5.41) is 0. The first-order valence-electron chi connectivity index (χ1n) is 34.1. The Balaban J connectivity index is 0.931. The average Bonchev–Trinajstić information content (AvgIpc) is 1.26. The predicted octanol–water partition coefficient (Wildman–Crippen LogP) is 19.6. The molecule has 0 fully saturated rings. The van der Waals surface area contributed by atoms with Crippen LogP contribution in [0.5, 0.6) is 5.75 Å². The van der Waals surface area contributed by atoms with E-state index in [0.717, 1.165) is 96.7 Å². The third-order valence-corrected chi connectivity index (χ3v) is 21.1. The summed E-state index contributed by atoms with van der Waals surface area (Å²) in [6.07, 6.45) is 0. The van der Waals surface area contributed by atoms with Gasteiger partial charge >= 0.3 is 0 Å². The first-order valence-corrected chi connectivity index (χ1v) is 34.1. The lowest BCUT2D eigenvalue weighted by Gasteiger charge is -2.52. The van der Waals surface area contributed by atoms with E-state index in [1.807, 2.05) is 0 Å². The molecule has 6 aliphatic heterocycles. The minimum Gasteiger partial charge on any atom is -0.495 e. The molecule has 0 amide bonds. The van der Waals surface area contributed by atoms with Gasteiger partial charge in [-0.2, -0.15) is 0 Å². The van der Waals surface area contributed by atoms with Gasteiger partial charge in [0.25, 0.3) is 6.71 Å². The zero-order chi connectivity index (χ0) is 64.4. The Kier molecular flexibility index (Phi) is 12.9. The van der Waals surface area contributed by atoms with Gasteiger partial charge in [-0.05, 0) is 179 Å². The fraction of sp³-hybridized carbons (Fsp3) is 0.0455. The lowest BCUT2D eigenvalue weighted by Crippen LogP contribution is -2.69. The van der Waals surface area contributed by atoms with Gasteiger partial charge in [0.15, 0.2) is 0 Å². The molecule has 0 bridgehead atoms. The fourth-order valence-corrected chi connectivity index (χ4v) is 17.4. The molecule has 10 heteroatoms. The van der Waals surface area contributed by atoms with Crippen LogP contribution < -0.4 is 60.9 Å². The number of fused-ring (bicyclic) bond motifs is 12. The summed E-state index contributed by atoms with van der Waals surface area (Å²) in [7, 11) is 0. The molecule has 20 rings (SSSR count). The number of hydrogen-bond acceptors (Lipinski definition) is 8. The van der Waals surface area contributed by atoms with Gasteiger partial charge in [0.05, 0.1) is 23.5 Å². The highest BCUT2D eigenvalue weighted by atomic mass is 16.5. The number of benzene rings is 14. The zero-order valence-electron chi connectivity index (χ0n) is 53.6. The topological polar surface area (TPSA) is 31.9 Å². The number of nitrogens with zero attached hydrogens (tertiary/aromatic N) is 7. The molecule has 462 valence electrons. The highest BCUT2D eigenvalue weighted by Crippen LogP contribution is 2.59. The number of hydrogen-bond donors (Lipinski definition) is 0. The Hall–Kier alpha value is -12.4. The Morgan fingerprint density at radius 3 is 1.06 bits per heavy atom. The number of ether oxygens (including phenoxy) is 1. The molecule has 0 radical (unpaired) electrons. The van der Waals surface area contributed by atoms with Gasteiger partial charge in [-0.1, -0.05) is 206 Å². The number of para-hydroxylation sites is 11. The van der Waals surface area contributed by atoms with Gasteiger partial charge in [-0.15, -0.1) is 0 Å². The first-order chi connectivity index (χ1) is 48.7. The molecular formula is C88H63B2N7O. The molecule has 0 N–H and O–H groups in total. The molecule has 4 atom stereocenters. The smallest absolute Gasteiger partial charge is 0.267 e. The largest absolute Gasteiger partial charge is 0.495 e. The average molecular weight is 1260 g/mol. The van der Waals surface area contributed by atoms with E-state index in [1.165, 1.54) is 44.4 Å². The Morgan fingerprint density at radius 2 is 0.602 bits per heavy atom. The van der Waals surface area contributed by atoms with Gasteiger partial charge in [0, 0.05) is 103 Å². The molecule has 8 nitrogen and oxygen atoms in total. The van der Waals surface area contributed by atoms with Gasteiger partial charge < -0.3 is 39.0 Å². The molecule has 14 aromatic rings. The van der Waals surface area contributed by atoms with Crippen LogP contribution in [0.4, 0.5) is 102 Å². The van der Waals surface area contributed by atoms with E-state index in [2.05, 4.69) is 392 Å². The van der Waals surface area contributed by atoms with E-state index < -0.39 is 0 Å². The minimum atomic E-state index is -0.343. The monoisotopic (exact) mass is 1260 g/mol. The van der Waals surface area contributed by atoms with Crippen molar-refractivity contribution >= 4 is 138 Å². The molecule has 6 aliphatic rings. The lowest BCUT2D eigenvalue weighted by atomic mass is 9.29. The number of anilines is 18. The van der Waals surface area contributed by atoms with Crippen LogP contribution >= 0.6 is 0 Å². The standard InChI is InChI=1S/C88H63B2N7O/c1-10-32-60(33-11-1)91(61-34-12-2-13-35-61)69-54-78-83-80(56-69)95(66-44-22-7-23-45-66)85-71-50-28-30-52-75(71)97(68-48-26-9-27-49-68)87(85)89(83)73-58-74-77(59-76(73)93(78)64-40-18-5-19-41-64)94(65-42-20-6-21-43-65)79-55-70(92(62-36-14-3-15-37-62)63-38-16-4-17-39-63)57-81-84(79)90(74)88-86(72-51-29-31-53-82(72)98-88)96(81)67-46-24-8-25-47-67/h1-59,85-88H. The molecule has 98 heavy (non-hydrogen) atoms. The fourth-order valence-electron chi connectivity index (χ4n) is 17.4. The zero-order valence-corrected chi connectivity index (χ0v) is 53.6. The predicted molar refractivity (Wildman–Crippen MR) is 408 cm³/mol. The summed E-state index contributed by atoms with van der Waals surface area (Å²) < 4.78 is 7.76. The van der Waals surface area contributed by atoms with E-state index in [4.69, 9.17) is 4.74 Å². The highest BCUT2D eigenvalue weighted by Gasteiger charge is 2.60. The van der Waals surface area contributed by atoms with E-state index >= 15 is 0 Å². The van der Waals surface area contributed by atoms with Crippen LogP contribution in [0.25, 0.3) is 0 Å². The van der Waals surface area contributed by atoms with Crippen molar-refractivity contribution in [3.63, 3.8) is 0 Å². The quantitative estimate of drug-likeness (QED) is 0.118. The van der Waals surface area contributed by atoms with E-state index in [9.17, 15) is 0 Å². The maximum atomic E-state index is 7.76. The lowest BCUT2D eigenvalue weighted by molar-refractivity contribution is 0.282. The third-order valence-electron chi connectivity index (χ3n) is 21.1. The summed E-state index contributed by atoms with van der Waals surface area (Å²) >= 11 is 0. The van der Waals surface area contributed by atoms with Gasteiger partial charge in [0.1, 0.15) is 11.8 Å². The molecule has 4 unspecified atom stereocenters. The normalized spacial score (nSPS) is 16.9. The van der Waals surface area contributed by atoms with Crippen molar-refractivity contribution in [2.24, 2.45) is 0 Å². The molecule has 0 saturated carbocycles. The van der Waals surface area contributed by atoms with Gasteiger partial charge in [-0.3, -0.25) is 0 Å². The molecule has 0 spiro atoms. The van der Waals surface area contributed by atoms with E-state index in [0.29, 0.717) is 0 Å². The summed E-state index contributed by atoms with van der Waals surface area (Å²) in [4.78, 5) is 18.1. The van der Waals surface area contributed by atoms with Crippen molar-refractivity contribution < 1.29 is 4.74 Å². The van der Waals surface area contributed by atoms with Crippen LogP contribution in [0, 0.1) is 0 Å². The van der Waals surface area contributed by atoms with Crippen molar-refractivity contribution in [2.45, 2.75) is 24.0 Å². The Bertz CT molecular complexity index is 5260. The van der Waals surface area contributed by atoms with Crippen molar-refractivity contribution in [1.82, 2.24) is 0 Å². The van der Waals surface area contributed by atoms with E-state index in [-0.39, 0.29) is 37.5 Å². The van der Waals surface area contributed by atoms with Crippen molar-refractivity contribution in [2.75, 3.05) is 34.3 Å². The van der Waals surface area contributed by atoms with Gasteiger partial charge in [-0.25, -0.2) is 0 Å². The second kappa shape index (κ2) is 22.6. The maximum absolute atomic E-state index is 7.76. The van der Waals surface area contributed by atoms with Crippen LogP contribution in [0.3, 0.4) is 0 Å². The second-order valence-corrected chi connectivity index (χ2v) is 26.3. The summed E-state index contributed by atoms with van der Waals surface area (Å²) in [5.41, 5.74) is 27.3. The summed E-state index contributed by atoms with van der Waals surface area (Å²) in [6.45, 7) is -0.451. The third kappa shape index (κ3) is 8.60. The molecule has 0 saturated heterocycles. The van der Waals surface area contributed by atoms with E-state index in [1.54, 1.807) is 0 Å². The summed E-state index contributed by atoms with van der Waals surface area (Å²) in [5.74, 6) is 0.767. The second-order valence-electron chi connectivity index (χ2n) is 26.3. The Labute approximate surface area is 572 Å². The Morgan fingerprint density at radius 1 is 0.255 bits per heavy atom. The molecule has 0 aliphatic carbocycles. The number of rotatable bonds is 11. The molecule has 14 aromatic carbocycles. The SMILES string of the molecule is c1ccc(N(c2ccccc2)c2cc3c4c(c2)N(c2ccccc2)C2c5ccccc5OC2B4c2cc4c(cc2N3c2ccccc2)N(c2ccccc2)c2cc(N(c3ccccc3)c3ccccc3)cc3c2B4C2C(c4ccccc4N2c2ccccc2)N3c2ccccc2)cc1. The van der Waals surface area contributed by atoms with Crippen molar-refractivity contribution in [3.05, 3.63) is 369 Å². The van der Waals surface area contributed by atoms with Crippen LogP contribution in [0.1, 0.15) is 23.2 Å². The van der Waals surface area contributed by atoms with Crippen molar-refractivity contribution in [3.8, 4) is 5.75 Å². The van der Waals surface area contributed by atoms with Crippen LogP contribution in [-0.2, 0) is 0 Å². The molecule has 0 aromatic heterocycles. The van der Waals surface area contributed by atoms with Crippen LogP contribution in [0.2, 0.25) is 0 Å². The van der Waals surface area contributed by atoms with Crippen molar-refractivity contribution in [1.29, 1.82) is 0 Å². The maximum Gasteiger partial charge on any atom is 0.267 e. The molecular weight excluding hydrogens is 1190 g/mol. The van der Waals surface area contributed by atoms with Gasteiger partial charge in [0.2, 0.25) is 6.71 Å². The van der Waals surface area contributed by atoms with Crippen LogP contribution in [0.15, 0.2) is 358 Å². The highest BCUT2D eigenvalue weighted by molar-refractivity contribution is 6.94. The minimum absolute atomic E-state index is 0.151. The van der Waals surface area contributed by atoms with Crippen LogP contribution in [-0.4, -0.2) is 25.4 Å². The molecule has 6 heterocycles. The first kappa shape index (κ1) is 56.0.